The molecule has 3 nitrogen and oxygen atoms in total. The van der Waals surface area contributed by atoms with Crippen molar-refractivity contribution < 1.29 is 9.84 Å². The van der Waals surface area contributed by atoms with Gasteiger partial charge < -0.3 is 15.6 Å². The Morgan fingerprint density at radius 3 is 2.74 bits per heavy atom. The largest absolute Gasteiger partial charge is 0.388 e. The summed E-state index contributed by atoms with van der Waals surface area (Å²) in [4.78, 5) is 0. The molecule has 2 fully saturated rings. The third kappa shape index (κ3) is 3.71. The van der Waals surface area contributed by atoms with E-state index in [2.05, 4.69) is 6.92 Å². The third-order valence-corrected chi connectivity index (χ3v) is 5.44. The van der Waals surface area contributed by atoms with Crippen molar-refractivity contribution in [3.63, 3.8) is 0 Å². The van der Waals surface area contributed by atoms with Crippen molar-refractivity contribution in [2.45, 2.75) is 76.4 Å². The van der Waals surface area contributed by atoms with Crippen LogP contribution in [0.5, 0.6) is 0 Å². The molecule has 19 heavy (non-hydrogen) atoms. The summed E-state index contributed by atoms with van der Waals surface area (Å²) >= 11 is 0. The smallest absolute Gasteiger partial charge is 0.0798 e. The van der Waals surface area contributed by atoms with Crippen LogP contribution < -0.4 is 5.73 Å². The van der Waals surface area contributed by atoms with Gasteiger partial charge in [-0.15, -0.1) is 0 Å². The molecule has 0 heterocycles. The molecule has 112 valence electrons. The van der Waals surface area contributed by atoms with Crippen LogP contribution in [0.4, 0.5) is 0 Å². The fraction of sp³-hybridized carbons (Fsp3) is 1.00. The Kier molecular flexibility index (Phi) is 5.67. The average Bonchev–Trinajstić information content (AvgIpc) is 2.81. The van der Waals surface area contributed by atoms with E-state index in [-0.39, 0.29) is 0 Å². The van der Waals surface area contributed by atoms with Crippen LogP contribution in [0, 0.1) is 11.8 Å². The minimum Gasteiger partial charge on any atom is -0.388 e. The SMILES string of the molecule is CCC1CCCCC1OCCC1CCCC1(O)CN. The number of hydrogen-bond donors (Lipinski definition) is 2. The van der Waals surface area contributed by atoms with Crippen LogP contribution in [0.1, 0.15) is 64.7 Å². The molecule has 0 spiro atoms. The predicted molar refractivity (Wildman–Crippen MR) is 78.0 cm³/mol. The molecular formula is C16H31NO2. The number of rotatable bonds is 6. The molecular weight excluding hydrogens is 238 g/mol. The Morgan fingerprint density at radius 2 is 2.00 bits per heavy atom. The lowest BCUT2D eigenvalue weighted by molar-refractivity contribution is -0.0398. The number of hydrogen-bond acceptors (Lipinski definition) is 3. The minimum absolute atomic E-state index is 0.348. The molecule has 0 aliphatic heterocycles. The van der Waals surface area contributed by atoms with Crippen LogP contribution in [0.25, 0.3) is 0 Å². The van der Waals surface area contributed by atoms with E-state index in [4.69, 9.17) is 10.5 Å². The van der Waals surface area contributed by atoms with Crippen LogP contribution in [-0.4, -0.2) is 30.0 Å². The molecule has 2 aliphatic rings. The van der Waals surface area contributed by atoms with Crippen LogP contribution in [-0.2, 0) is 4.74 Å². The molecule has 0 aromatic heterocycles. The van der Waals surface area contributed by atoms with E-state index >= 15 is 0 Å². The lowest BCUT2D eigenvalue weighted by Gasteiger charge is -2.32. The number of ether oxygens (including phenoxy) is 1. The molecule has 3 heteroatoms. The Morgan fingerprint density at radius 1 is 1.21 bits per heavy atom. The van der Waals surface area contributed by atoms with Gasteiger partial charge in [0.1, 0.15) is 0 Å². The molecule has 2 aliphatic carbocycles. The lowest BCUT2D eigenvalue weighted by atomic mass is 9.84. The summed E-state index contributed by atoms with van der Waals surface area (Å²) in [6.45, 7) is 3.48. The summed E-state index contributed by atoms with van der Waals surface area (Å²) in [5, 5.41) is 10.4. The molecule has 0 bridgehead atoms. The minimum atomic E-state index is -0.611. The highest BCUT2D eigenvalue weighted by molar-refractivity contribution is 4.92. The topological polar surface area (TPSA) is 55.5 Å². The van der Waals surface area contributed by atoms with Gasteiger partial charge in [0.05, 0.1) is 11.7 Å². The van der Waals surface area contributed by atoms with E-state index in [9.17, 15) is 5.11 Å². The van der Waals surface area contributed by atoms with Gasteiger partial charge in [0.2, 0.25) is 0 Å². The Bertz CT molecular complexity index is 271. The summed E-state index contributed by atoms with van der Waals surface area (Å²) in [7, 11) is 0. The molecule has 4 atom stereocenters. The second-order valence-corrected chi connectivity index (χ2v) is 6.55. The summed E-state index contributed by atoms with van der Waals surface area (Å²) < 4.78 is 6.13. The van der Waals surface area contributed by atoms with E-state index in [0.29, 0.717) is 18.6 Å². The maximum atomic E-state index is 10.4. The van der Waals surface area contributed by atoms with Crippen molar-refractivity contribution in [3.8, 4) is 0 Å². The monoisotopic (exact) mass is 269 g/mol. The first-order valence-electron chi connectivity index (χ1n) is 8.23. The second kappa shape index (κ2) is 7.05. The number of aliphatic hydroxyl groups is 1. The molecule has 3 N–H and O–H groups in total. The van der Waals surface area contributed by atoms with Crippen molar-refractivity contribution in [1.29, 1.82) is 0 Å². The van der Waals surface area contributed by atoms with Crippen molar-refractivity contribution in [2.75, 3.05) is 13.2 Å². The molecule has 0 amide bonds. The highest BCUT2D eigenvalue weighted by Crippen LogP contribution is 2.37. The molecule has 0 aromatic carbocycles. The van der Waals surface area contributed by atoms with Gasteiger partial charge in [-0.3, -0.25) is 0 Å². The number of nitrogens with two attached hydrogens (primary N) is 1. The fourth-order valence-corrected chi connectivity index (χ4v) is 4.03. The van der Waals surface area contributed by atoms with Gasteiger partial charge in [0, 0.05) is 13.2 Å². The fourth-order valence-electron chi connectivity index (χ4n) is 4.03. The quantitative estimate of drug-likeness (QED) is 0.779. The van der Waals surface area contributed by atoms with Crippen LogP contribution >= 0.6 is 0 Å². The van der Waals surface area contributed by atoms with Crippen LogP contribution in [0.2, 0.25) is 0 Å². The van der Waals surface area contributed by atoms with Crippen LogP contribution in [0.15, 0.2) is 0 Å². The standard InChI is InChI=1S/C16H31NO2/c1-2-13-6-3-4-8-15(13)19-11-9-14-7-5-10-16(14,18)12-17/h13-15,18H,2-12,17H2,1H3. The van der Waals surface area contributed by atoms with E-state index < -0.39 is 5.60 Å². The maximum absolute atomic E-state index is 10.4. The highest BCUT2D eigenvalue weighted by atomic mass is 16.5. The van der Waals surface area contributed by atoms with Gasteiger partial charge in [0.25, 0.3) is 0 Å². The van der Waals surface area contributed by atoms with E-state index in [1.165, 1.54) is 32.1 Å². The van der Waals surface area contributed by atoms with E-state index in [1.54, 1.807) is 0 Å². The van der Waals surface area contributed by atoms with E-state index in [1.807, 2.05) is 0 Å². The van der Waals surface area contributed by atoms with Crippen molar-refractivity contribution >= 4 is 0 Å². The van der Waals surface area contributed by atoms with E-state index in [0.717, 1.165) is 38.2 Å². The van der Waals surface area contributed by atoms with Gasteiger partial charge in [-0.05, 0) is 43.9 Å². The molecule has 4 unspecified atom stereocenters. The first kappa shape index (κ1) is 15.3. The zero-order valence-electron chi connectivity index (χ0n) is 12.4. The highest BCUT2D eigenvalue weighted by Gasteiger charge is 2.39. The normalized spacial score (nSPS) is 39.6. The van der Waals surface area contributed by atoms with Gasteiger partial charge in [0.15, 0.2) is 0 Å². The predicted octanol–water partition coefficient (Wildman–Crippen LogP) is 2.85. The Hall–Kier alpha value is -0.120. The van der Waals surface area contributed by atoms with Crippen molar-refractivity contribution in [3.05, 3.63) is 0 Å². The first-order chi connectivity index (χ1) is 9.19. The van der Waals surface area contributed by atoms with Crippen molar-refractivity contribution in [2.24, 2.45) is 17.6 Å². The summed E-state index contributed by atoms with van der Waals surface area (Å²) in [5.74, 6) is 1.10. The lowest BCUT2D eigenvalue weighted by Crippen LogP contribution is -2.41. The summed E-state index contributed by atoms with van der Waals surface area (Å²) in [6, 6.07) is 0. The maximum Gasteiger partial charge on any atom is 0.0798 e. The zero-order valence-corrected chi connectivity index (χ0v) is 12.4. The molecule has 0 radical (unpaired) electrons. The van der Waals surface area contributed by atoms with Gasteiger partial charge in [-0.1, -0.05) is 32.6 Å². The van der Waals surface area contributed by atoms with Gasteiger partial charge >= 0.3 is 0 Å². The summed E-state index contributed by atoms with van der Waals surface area (Å²) in [5.41, 5.74) is 5.11. The van der Waals surface area contributed by atoms with Gasteiger partial charge in [-0.2, -0.15) is 0 Å². The Balaban J connectivity index is 1.73. The third-order valence-electron chi connectivity index (χ3n) is 5.44. The average molecular weight is 269 g/mol. The van der Waals surface area contributed by atoms with Crippen LogP contribution in [0.3, 0.4) is 0 Å². The summed E-state index contributed by atoms with van der Waals surface area (Å²) in [6.07, 6.45) is 11.0. The zero-order chi connectivity index (χ0) is 13.7. The Labute approximate surface area is 117 Å². The molecule has 2 rings (SSSR count). The second-order valence-electron chi connectivity index (χ2n) is 6.55. The first-order valence-corrected chi connectivity index (χ1v) is 8.23. The molecule has 2 saturated carbocycles. The van der Waals surface area contributed by atoms with Crippen molar-refractivity contribution in [1.82, 2.24) is 0 Å². The van der Waals surface area contributed by atoms with Gasteiger partial charge in [-0.25, -0.2) is 0 Å². The molecule has 0 aromatic rings. The molecule has 0 saturated heterocycles.